The molecule has 2 aliphatic heterocycles. The molecule has 1 atom stereocenters. The Morgan fingerprint density at radius 2 is 1.89 bits per heavy atom. The predicted octanol–water partition coefficient (Wildman–Crippen LogP) is 3.01. The molecule has 2 fully saturated rings. The van der Waals surface area contributed by atoms with E-state index in [0.29, 0.717) is 49.4 Å². The molecular formula is C21H29N3O4. The average molecular weight is 387 g/mol. The predicted molar refractivity (Wildman–Crippen MR) is 106 cm³/mol. The summed E-state index contributed by atoms with van der Waals surface area (Å²) in [5, 5.41) is 5.98. The summed E-state index contributed by atoms with van der Waals surface area (Å²) in [6.45, 7) is 4.69. The molecule has 2 N–H and O–H groups in total. The molecule has 1 saturated carbocycles. The van der Waals surface area contributed by atoms with Gasteiger partial charge in [-0.1, -0.05) is 19.3 Å². The van der Waals surface area contributed by atoms with E-state index in [1.54, 1.807) is 6.92 Å². The first-order chi connectivity index (χ1) is 13.6. The Bertz CT molecular complexity index is 745. The van der Waals surface area contributed by atoms with Gasteiger partial charge in [0, 0.05) is 44.2 Å². The fraction of sp³-hybridized carbons (Fsp3) is 0.619. The van der Waals surface area contributed by atoms with Crippen molar-refractivity contribution in [1.29, 1.82) is 0 Å². The van der Waals surface area contributed by atoms with Gasteiger partial charge in [0.2, 0.25) is 5.91 Å². The first-order valence-electron chi connectivity index (χ1n) is 10.3. The highest BCUT2D eigenvalue weighted by Crippen LogP contribution is 2.47. The zero-order valence-corrected chi connectivity index (χ0v) is 16.5. The average Bonchev–Trinajstić information content (AvgIpc) is 3.04. The van der Waals surface area contributed by atoms with Crippen LogP contribution in [0.15, 0.2) is 18.2 Å². The molecule has 4 rings (SSSR count). The van der Waals surface area contributed by atoms with Gasteiger partial charge in [0.1, 0.15) is 13.2 Å². The highest BCUT2D eigenvalue weighted by Gasteiger charge is 2.48. The van der Waals surface area contributed by atoms with Crippen LogP contribution in [0.25, 0.3) is 0 Å². The molecule has 28 heavy (non-hydrogen) atoms. The van der Waals surface area contributed by atoms with Crippen LogP contribution in [0.5, 0.6) is 11.5 Å². The van der Waals surface area contributed by atoms with Gasteiger partial charge in [0.25, 0.3) is 0 Å². The number of nitrogens with one attached hydrogen (secondary N) is 2. The first kappa shape index (κ1) is 18.9. The lowest BCUT2D eigenvalue weighted by atomic mass is 9.68. The summed E-state index contributed by atoms with van der Waals surface area (Å²) in [4.78, 5) is 26.3. The second-order valence-corrected chi connectivity index (χ2v) is 8.23. The quantitative estimate of drug-likeness (QED) is 0.836. The standard InChI is InChI=1S/C21H29N3O4/c1-15(25)22-12-16-13-24(14-21(16)7-3-2-4-8-21)20(26)23-17-5-6-18-19(11-17)28-10-9-27-18/h5-6,11,16H,2-4,7-10,12-14H2,1H3,(H,22,25)(H,23,26). The van der Waals surface area contributed by atoms with Crippen molar-refractivity contribution in [3.8, 4) is 11.5 Å². The van der Waals surface area contributed by atoms with E-state index in [2.05, 4.69) is 10.6 Å². The van der Waals surface area contributed by atoms with Gasteiger partial charge in [-0.05, 0) is 30.4 Å². The normalized spacial score (nSPS) is 22.8. The number of urea groups is 1. The van der Waals surface area contributed by atoms with Gasteiger partial charge in [0.05, 0.1) is 0 Å². The maximum absolute atomic E-state index is 12.9. The van der Waals surface area contributed by atoms with Crippen molar-refractivity contribution in [3.63, 3.8) is 0 Å². The van der Waals surface area contributed by atoms with Crippen LogP contribution in [0.2, 0.25) is 0 Å². The molecule has 7 nitrogen and oxygen atoms in total. The Morgan fingerprint density at radius 1 is 1.14 bits per heavy atom. The number of rotatable bonds is 3. The third kappa shape index (κ3) is 3.88. The number of likely N-dealkylation sites (tertiary alicyclic amines) is 1. The summed E-state index contributed by atoms with van der Waals surface area (Å²) < 4.78 is 11.1. The molecule has 1 unspecified atom stereocenters. The van der Waals surface area contributed by atoms with Crippen molar-refractivity contribution in [1.82, 2.24) is 10.2 Å². The Morgan fingerprint density at radius 3 is 2.64 bits per heavy atom. The van der Waals surface area contributed by atoms with E-state index in [-0.39, 0.29) is 17.4 Å². The van der Waals surface area contributed by atoms with Crippen molar-refractivity contribution in [2.45, 2.75) is 39.0 Å². The van der Waals surface area contributed by atoms with Crippen molar-refractivity contribution in [2.75, 3.05) is 38.2 Å². The number of nitrogens with zero attached hydrogens (tertiary/aromatic N) is 1. The smallest absolute Gasteiger partial charge is 0.321 e. The van der Waals surface area contributed by atoms with Crippen LogP contribution in [0.3, 0.4) is 0 Å². The molecule has 0 aromatic heterocycles. The van der Waals surface area contributed by atoms with Crippen molar-refractivity contribution in [2.24, 2.45) is 11.3 Å². The number of ether oxygens (including phenoxy) is 2. The number of hydrogen-bond acceptors (Lipinski definition) is 4. The molecule has 1 spiro atoms. The fourth-order valence-corrected chi connectivity index (χ4v) is 4.88. The number of benzene rings is 1. The van der Waals surface area contributed by atoms with Gasteiger partial charge >= 0.3 is 6.03 Å². The number of fused-ring (bicyclic) bond motifs is 1. The molecule has 0 bridgehead atoms. The summed E-state index contributed by atoms with van der Waals surface area (Å²) in [6, 6.07) is 5.39. The monoisotopic (exact) mass is 387 g/mol. The third-order valence-corrected chi connectivity index (χ3v) is 6.34. The van der Waals surface area contributed by atoms with Gasteiger partial charge in [-0.3, -0.25) is 4.79 Å². The zero-order chi connectivity index (χ0) is 19.6. The largest absolute Gasteiger partial charge is 0.486 e. The SMILES string of the molecule is CC(=O)NCC1CN(C(=O)Nc2ccc3c(c2)OCCO3)CC12CCCCC2. The molecule has 1 aromatic carbocycles. The summed E-state index contributed by atoms with van der Waals surface area (Å²) in [7, 11) is 0. The first-order valence-corrected chi connectivity index (χ1v) is 10.3. The van der Waals surface area contributed by atoms with E-state index in [9.17, 15) is 9.59 Å². The number of amides is 3. The second-order valence-electron chi connectivity index (χ2n) is 8.23. The van der Waals surface area contributed by atoms with Gasteiger partial charge < -0.3 is 25.0 Å². The Hall–Kier alpha value is -2.44. The van der Waals surface area contributed by atoms with Gasteiger partial charge in [-0.2, -0.15) is 0 Å². The molecule has 152 valence electrons. The lowest BCUT2D eigenvalue weighted by Gasteiger charge is -2.38. The number of carbonyl (C=O) groups excluding carboxylic acids is 2. The van der Waals surface area contributed by atoms with Crippen LogP contribution in [-0.4, -0.2) is 49.7 Å². The van der Waals surface area contributed by atoms with E-state index in [1.165, 1.54) is 19.3 Å². The molecule has 1 aliphatic carbocycles. The lowest BCUT2D eigenvalue weighted by molar-refractivity contribution is -0.119. The fourth-order valence-electron chi connectivity index (χ4n) is 4.88. The maximum atomic E-state index is 12.9. The number of anilines is 1. The highest BCUT2D eigenvalue weighted by atomic mass is 16.6. The summed E-state index contributed by atoms with van der Waals surface area (Å²) in [6.07, 6.45) is 5.93. The maximum Gasteiger partial charge on any atom is 0.321 e. The molecular weight excluding hydrogens is 358 g/mol. The Balaban J connectivity index is 1.44. The van der Waals surface area contributed by atoms with Crippen molar-refractivity contribution < 1.29 is 19.1 Å². The van der Waals surface area contributed by atoms with Crippen LogP contribution in [-0.2, 0) is 4.79 Å². The van der Waals surface area contributed by atoms with Crippen LogP contribution < -0.4 is 20.1 Å². The summed E-state index contributed by atoms with van der Waals surface area (Å²) in [5.41, 5.74) is 0.836. The topological polar surface area (TPSA) is 79.9 Å². The molecule has 7 heteroatoms. The minimum atomic E-state index is -0.0908. The number of carbonyl (C=O) groups is 2. The second kappa shape index (κ2) is 7.89. The Kier molecular flexibility index (Phi) is 5.33. The lowest BCUT2D eigenvalue weighted by Crippen LogP contribution is -2.39. The summed E-state index contributed by atoms with van der Waals surface area (Å²) in [5.74, 6) is 1.67. The zero-order valence-electron chi connectivity index (χ0n) is 16.5. The van der Waals surface area contributed by atoms with Gasteiger partial charge in [-0.25, -0.2) is 4.79 Å². The van der Waals surface area contributed by atoms with Gasteiger partial charge in [0.15, 0.2) is 11.5 Å². The van der Waals surface area contributed by atoms with Crippen molar-refractivity contribution in [3.05, 3.63) is 18.2 Å². The van der Waals surface area contributed by atoms with Crippen LogP contribution in [0, 0.1) is 11.3 Å². The van der Waals surface area contributed by atoms with E-state index in [0.717, 1.165) is 19.4 Å². The highest BCUT2D eigenvalue weighted by molar-refractivity contribution is 5.90. The van der Waals surface area contributed by atoms with Crippen molar-refractivity contribution >= 4 is 17.6 Å². The molecule has 3 amide bonds. The van der Waals surface area contributed by atoms with E-state index >= 15 is 0 Å². The minimum absolute atomic E-state index is 0.00913. The minimum Gasteiger partial charge on any atom is -0.486 e. The van der Waals surface area contributed by atoms with E-state index < -0.39 is 0 Å². The molecule has 1 saturated heterocycles. The van der Waals surface area contributed by atoms with E-state index in [1.807, 2.05) is 23.1 Å². The Labute approximate surface area is 165 Å². The van der Waals surface area contributed by atoms with Crippen LogP contribution in [0.1, 0.15) is 39.0 Å². The van der Waals surface area contributed by atoms with Crippen LogP contribution in [0.4, 0.5) is 10.5 Å². The molecule has 2 heterocycles. The number of hydrogen-bond donors (Lipinski definition) is 2. The third-order valence-electron chi connectivity index (χ3n) is 6.34. The van der Waals surface area contributed by atoms with Gasteiger partial charge in [-0.15, -0.1) is 0 Å². The summed E-state index contributed by atoms with van der Waals surface area (Å²) >= 11 is 0. The van der Waals surface area contributed by atoms with Crippen LogP contribution >= 0.6 is 0 Å². The molecule has 3 aliphatic rings. The molecule has 1 aromatic rings. The van der Waals surface area contributed by atoms with E-state index in [4.69, 9.17) is 9.47 Å². The molecule has 0 radical (unpaired) electrons.